The third-order valence-corrected chi connectivity index (χ3v) is 1.39. The van der Waals surface area contributed by atoms with Crippen molar-refractivity contribution in [2.24, 2.45) is 5.73 Å². The number of carbonyl (C=O) groups is 1. The highest BCUT2D eigenvalue weighted by atomic mass is 16.1. The van der Waals surface area contributed by atoms with E-state index in [2.05, 4.69) is 10.3 Å². The lowest BCUT2D eigenvalue weighted by Gasteiger charge is -2.04. The summed E-state index contributed by atoms with van der Waals surface area (Å²) in [7, 11) is 0. The minimum Gasteiger partial charge on any atom is -0.366 e. The number of nitrogens with one attached hydrogen (secondary N) is 2. The molecular formula is C8H13N3O. The Hall–Kier alpha value is -1.29. The minimum absolute atomic E-state index is 0.0513. The lowest BCUT2D eigenvalue weighted by atomic mass is 10.2. The van der Waals surface area contributed by atoms with Crippen LogP contribution in [0, 0.1) is 0 Å². The molecule has 4 N–H and O–H groups in total. The van der Waals surface area contributed by atoms with E-state index in [1.165, 1.54) is 0 Å². The number of nitrogens with two attached hydrogens (primary N) is 1. The Bertz CT molecular complexity index is 241. The molecule has 0 fully saturated rings. The molecule has 1 aromatic rings. The number of hydrogen-bond acceptors (Lipinski definition) is 2. The standard InChI is InChI=1S/C8H13N3O/c1-6(9)4-8(12)11-7-2-3-10-5-7/h2-3,5-6,10H,4,9H2,1H3,(H,11,12). The van der Waals surface area contributed by atoms with Gasteiger partial charge in [-0.3, -0.25) is 4.79 Å². The molecule has 0 aliphatic heterocycles. The largest absolute Gasteiger partial charge is 0.366 e. The molecule has 0 spiro atoms. The number of rotatable bonds is 3. The van der Waals surface area contributed by atoms with E-state index in [-0.39, 0.29) is 11.9 Å². The van der Waals surface area contributed by atoms with Crippen LogP contribution in [0.15, 0.2) is 18.5 Å². The first-order chi connectivity index (χ1) is 5.68. The minimum atomic E-state index is -0.0936. The van der Waals surface area contributed by atoms with Crippen LogP contribution in [0.3, 0.4) is 0 Å². The van der Waals surface area contributed by atoms with E-state index in [0.29, 0.717) is 6.42 Å². The number of aromatic nitrogens is 1. The van der Waals surface area contributed by atoms with Gasteiger partial charge in [-0.05, 0) is 13.0 Å². The van der Waals surface area contributed by atoms with Gasteiger partial charge in [0.2, 0.25) is 5.91 Å². The van der Waals surface area contributed by atoms with E-state index in [0.717, 1.165) is 5.69 Å². The molecule has 0 bridgehead atoms. The van der Waals surface area contributed by atoms with Gasteiger partial charge in [0.15, 0.2) is 0 Å². The third-order valence-electron chi connectivity index (χ3n) is 1.39. The number of aromatic amines is 1. The number of anilines is 1. The maximum Gasteiger partial charge on any atom is 0.225 e. The monoisotopic (exact) mass is 167 g/mol. The van der Waals surface area contributed by atoms with Gasteiger partial charge >= 0.3 is 0 Å². The fraction of sp³-hybridized carbons (Fsp3) is 0.375. The average Bonchev–Trinajstić information content (AvgIpc) is 2.37. The van der Waals surface area contributed by atoms with Gasteiger partial charge in [0, 0.05) is 24.9 Å². The zero-order valence-corrected chi connectivity index (χ0v) is 7.00. The first kappa shape index (κ1) is 8.80. The lowest BCUT2D eigenvalue weighted by molar-refractivity contribution is -0.116. The van der Waals surface area contributed by atoms with Gasteiger partial charge in [-0.25, -0.2) is 0 Å². The second kappa shape index (κ2) is 3.92. The molecule has 1 atom stereocenters. The molecule has 66 valence electrons. The summed E-state index contributed by atoms with van der Waals surface area (Å²) < 4.78 is 0. The second-order valence-corrected chi connectivity index (χ2v) is 2.83. The van der Waals surface area contributed by atoms with Gasteiger partial charge in [-0.1, -0.05) is 0 Å². The third kappa shape index (κ3) is 2.75. The van der Waals surface area contributed by atoms with Crippen LogP contribution >= 0.6 is 0 Å². The van der Waals surface area contributed by atoms with Crippen LogP contribution in [0.4, 0.5) is 5.69 Å². The van der Waals surface area contributed by atoms with Crippen molar-refractivity contribution in [3.8, 4) is 0 Å². The van der Waals surface area contributed by atoms with Crippen molar-refractivity contribution in [3.63, 3.8) is 0 Å². The predicted molar refractivity (Wildman–Crippen MR) is 47.7 cm³/mol. The van der Waals surface area contributed by atoms with Crippen molar-refractivity contribution in [1.29, 1.82) is 0 Å². The smallest absolute Gasteiger partial charge is 0.225 e. The van der Waals surface area contributed by atoms with E-state index < -0.39 is 0 Å². The van der Waals surface area contributed by atoms with Gasteiger partial charge in [-0.15, -0.1) is 0 Å². The zero-order chi connectivity index (χ0) is 8.97. The number of amides is 1. The first-order valence-electron chi connectivity index (χ1n) is 3.86. The Kier molecular flexibility index (Phi) is 2.88. The Morgan fingerprint density at radius 2 is 2.58 bits per heavy atom. The quantitative estimate of drug-likeness (QED) is 0.619. The maximum atomic E-state index is 11.1. The molecule has 1 rings (SSSR count). The van der Waals surface area contributed by atoms with Crippen LogP contribution in [0.5, 0.6) is 0 Å². The van der Waals surface area contributed by atoms with Crippen molar-refractivity contribution < 1.29 is 4.79 Å². The highest BCUT2D eigenvalue weighted by Crippen LogP contribution is 2.04. The molecule has 0 radical (unpaired) electrons. The lowest BCUT2D eigenvalue weighted by Crippen LogP contribution is -2.23. The van der Waals surface area contributed by atoms with E-state index >= 15 is 0 Å². The number of carbonyl (C=O) groups excluding carboxylic acids is 1. The zero-order valence-electron chi connectivity index (χ0n) is 7.00. The average molecular weight is 167 g/mol. The highest BCUT2D eigenvalue weighted by molar-refractivity contribution is 5.90. The Morgan fingerprint density at radius 3 is 3.08 bits per heavy atom. The summed E-state index contributed by atoms with van der Waals surface area (Å²) in [6.45, 7) is 1.80. The normalized spacial score (nSPS) is 12.5. The van der Waals surface area contributed by atoms with E-state index in [9.17, 15) is 4.79 Å². The fourth-order valence-electron chi connectivity index (χ4n) is 0.906. The molecule has 1 heterocycles. The van der Waals surface area contributed by atoms with Crippen molar-refractivity contribution in [2.45, 2.75) is 19.4 Å². The Balaban J connectivity index is 2.37. The van der Waals surface area contributed by atoms with Crippen molar-refractivity contribution in [2.75, 3.05) is 5.32 Å². The molecule has 1 amide bonds. The van der Waals surface area contributed by atoms with E-state index in [1.807, 2.05) is 0 Å². The molecule has 12 heavy (non-hydrogen) atoms. The SMILES string of the molecule is CC(N)CC(=O)Nc1cc[nH]c1. The predicted octanol–water partition coefficient (Wildman–Crippen LogP) is 0.690. The summed E-state index contributed by atoms with van der Waals surface area (Å²) in [5.74, 6) is -0.0513. The highest BCUT2D eigenvalue weighted by Gasteiger charge is 2.04. The molecule has 0 aliphatic rings. The first-order valence-corrected chi connectivity index (χ1v) is 3.86. The van der Waals surface area contributed by atoms with Gasteiger partial charge in [0.25, 0.3) is 0 Å². The van der Waals surface area contributed by atoms with Gasteiger partial charge in [-0.2, -0.15) is 0 Å². The summed E-state index contributed by atoms with van der Waals surface area (Å²) >= 11 is 0. The molecule has 0 aliphatic carbocycles. The maximum absolute atomic E-state index is 11.1. The van der Waals surface area contributed by atoms with Crippen LogP contribution < -0.4 is 11.1 Å². The van der Waals surface area contributed by atoms with E-state index in [1.54, 1.807) is 25.4 Å². The summed E-state index contributed by atoms with van der Waals surface area (Å²) in [4.78, 5) is 14.0. The van der Waals surface area contributed by atoms with Gasteiger partial charge < -0.3 is 16.0 Å². The molecule has 4 heteroatoms. The number of hydrogen-bond donors (Lipinski definition) is 3. The fourth-order valence-corrected chi connectivity index (χ4v) is 0.906. The van der Waals surface area contributed by atoms with Crippen molar-refractivity contribution in [3.05, 3.63) is 18.5 Å². The van der Waals surface area contributed by atoms with E-state index in [4.69, 9.17) is 5.73 Å². The second-order valence-electron chi connectivity index (χ2n) is 2.83. The number of H-pyrrole nitrogens is 1. The van der Waals surface area contributed by atoms with Crippen LogP contribution in [0.25, 0.3) is 0 Å². The Labute approximate surface area is 71.2 Å². The van der Waals surface area contributed by atoms with Crippen molar-refractivity contribution >= 4 is 11.6 Å². The molecule has 0 saturated carbocycles. The summed E-state index contributed by atoms with van der Waals surface area (Å²) in [6, 6.07) is 1.70. The molecule has 1 unspecified atom stereocenters. The Morgan fingerprint density at radius 1 is 1.83 bits per heavy atom. The molecule has 4 nitrogen and oxygen atoms in total. The van der Waals surface area contributed by atoms with Crippen LogP contribution in [-0.4, -0.2) is 16.9 Å². The van der Waals surface area contributed by atoms with Crippen molar-refractivity contribution in [1.82, 2.24) is 4.98 Å². The molecule has 0 aromatic carbocycles. The van der Waals surface area contributed by atoms with Gasteiger partial charge in [0.1, 0.15) is 0 Å². The van der Waals surface area contributed by atoms with Crippen LogP contribution in [0.2, 0.25) is 0 Å². The topological polar surface area (TPSA) is 70.9 Å². The van der Waals surface area contributed by atoms with Gasteiger partial charge in [0.05, 0.1) is 5.69 Å². The summed E-state index contributed by atoms with van der Waals surface area (Å²) in [6.07, 6.45) is 3.83. The van der Waals surface area contributed by atoms with Crippen LogP contribution in [-0.2, 0) is 4.79 Å². The molecule has 1 aromatic heterocycles. The summed E-state index contributed by atoms with van der Waals surface area (Å²) in [5, 5.41) is 2.70. The van der Waals surface area contributed by atoms with Crippen LogP contribution in [0.1, 0.15) is 13.3 Å². The molecule has 0 saturated heterocycles. The summed E-state index contributed by atoms with van der Waals surface area (Å²) in [5.41, 5.74) is 6.23. The molecular weight excluding hydrogens is 154 g/mol.